The van der Waals surface area contributed by atoms with Gasteiger partial charge < -0.3 is 4.74 Å². The predicted octanol–water partition coefficient (Wildman–Crippen LogP) is 4.13. The van der Waals surface area contributed by atoms with Crippen LogP contribution in [-0.4, -0.2) is 21.4 Å². The monoisotopic (exact) mass is 345 g/mol. The van der Waals surface area contributed by atoms with Gasteiger partial charge in [0.05, 0.1) is 11.9 Å². The lowest BCUT2D eigenvalue weighted by Gasteiger charge is -2.04. The van der Waals surface area contributed by atoms with Crippen LogP contribution in [0.5, 0.6) is 11.6 Å². The molecule has 2 aromatic heterocycles. The molecule has 0 radical (unpaired) electrons. The van der Waals surface area contributed by atoms with E-state index in [1.807, 2.05) is 36.6 Å². The summed E-state index contributed by atoms with van der Waals surface area (Å²) in [5.74, 6) is 1.01. The first-order valence-corrected chi connectivity index (χ1v) is 7.93. The van der Waals surface area contributed by atoms with Crippen molar-refractivity contribution in [1.82, 2.24) is 15.2 Å². The minimum Gasteiger partial charge on any atom is -0.438 e. The molecule has 116 valence electrons. The van der Waals surface area contributed by atoms with Gasteiger partial charge in [-0.3, -0.25) is 5.43 Å². The summed E-state index contributed by atoms with van der Waals surface area (Å²) >= 11 is 7.20. The quantitative estimate of drug-likeness (QED) is 0.556. The zero-order valence-electron chi connectivity index (χ0n) is 12.1. The summed E-state index contributed by atoms with van der Waals surface area (Å²) in [7, 11) is 0. The average molecular weight is 346 g/mol. The van der Waals surface area contributed by atoms with E-state index in [-0.39, 0.29) is 0 Å². The van der Waals surface area contributed by atoms with Crippen molar-refractivity contribution in [2.45, 2.75) is 6.92 Å². The Bertz CT molecular complexity index is 819. The molecule has 23 heavy (non-hydrogen) atoms. The van der Waals surface area contributed by atoms with Gasteiger partial charge in [0.1, 0.15) is 5.75 Å². The van der Waals surface area contributed by atoms with Crippen LogP contribution in [0.2, 0.25) is 5.15 Å². The van der Waals surface area contributed by atoms with Crippen molar-refractivity contribution in [3.8, 4) is 11.6 Å². The van der Waals surface area contributed by atoms with Crippen molar-refractivity contribution in [3.05, 3.63) is 58.2 Å². The Balaban J connectivity index is 1.65. The fourth-order valence-electron chi connectivity index (χ4n) is 1.70. The summed E-state index contributed by atoms with van der Waals surface area (Å²) in [5, 5.41) is 14.8. The molecule has 0 unspecified atom stereocenters. The first-order valence-electron chi connectivity index (χ1n) is 6.67. The number of halogens is 1. The maximum Gasteiger partial charge on any atom is 0.238 e. The van der Waals surface area contributed by atoms with E-state index < -0.39 is 0 Å². The van der Waals surface area contributed by atoms with Gasteiger partial charge in [-0.1, -0.05) is 23.7 Å². The summed E-state index contributed by atoms with van der Waals surface area (Å²) in [4.78, 5) is 4.27. The van der Waals surface area contributed by atoms with E-state index in [4.69, 9.17) is 16.3 Å². The number of aryl methyl sites for hydroxylation is 1. The summed E-state index contributed by atoms with van der Waals surface area (Å²) in [6.45, 7) is 1.94. The molecular weight excluding hydrogens is 334 g/mol. The summed E-state index contributed by atoms with van der Waals surface area (Å²) < 4.78 is 5.62. The minimum absolute atomic E-state index is 0.321. The van der Waals surface area contributed by atoms with Crippen molar-refractivity contribution in [1.29, 1.82) is 0 Å². The van der Waals surface area contributed by atoms with Crippen LogP contribution in [0.25, 0.3) is 0 Å². The molecule has 0 aliphatic carbocycles. The zero-order chi connectivity index (χ0) is 16.1. The fourth-order valence-corrected chi connectivity index (χ4v) is 2.44. The lowest BCUT2D eigenvalue weighted by molar-refractivity contribution is 0.455. The van der Waals surface area contributed by atoms with Crippen LogP contribution in [0.15, 0.2) is 46.9 Å². The van der Waals surface area contributed by atoms with Crippen LogP contribution >= 0.6 is 22.9 Å². The number of hydrazone groups is 1. The highest BCUT2D eigenvalue weighted by Crippen LogP contribution is 2.20. The standard InChI is InChI=1S/C15H12ClN5OS/c1-10-9-23-15(18-10)21-17-8-11-3-2-4-12(7-11)22-14-6-5-13(16)19-20-14/h2-9H,1H3,(H,18,21). The molecule has 6 nitrogen and oxygen atoms in total. The first kappa shape index (κ1) is 15.4. The summed E-state index contributed by atoms with van der Waals surface area (Å²) in [5.41, 5.74) is 4.73. The second-order valence-corrected chi connectivity index (χ2v) is 5.78. The van der Waals surface area contributed by atoms with Gasteiger partial charge >= 0.3 is 0 Å². The average Bonchev–Trinajstić information content (AvgIpc) is 2.96. The third kappa shape index (κ3) is 4.48. The number of rotatable bonds is 5. The van der Waals surface area contributed by atoms with E-state index in [0.717, 1.165) is 16.4 Å². The molecule has 0 saturated carbocycles. The van der Waals surface area contributed by atoms with Crippen LogP contribution in [0.4, 0.5) is 5.13 Å². The Labute approximate surface area is 141 Å². The lowest BCUT2D eigenvalue weighted by atomic mass is 10.2. The molecule has 0 amide bonds. The van der Waals surface area contributed by atoms with Crippen LogP contribution in [0, 0.1) is 6.92 Å². The van der Waals surface area contributed by atoms with Crippen LogP contribution in [0.3, 0.4) is 0 Å². The van der Waals surface area contributed by atoms with Gasteiger partial charge in [0.15, 0.2) is 5.15 Å². The highest BCUT2D eigenvalue weighted by atomic mass is 35.5. The highest BCUT2D eigenvalue weighted by Gasteiger charge is 2.01. The van der Waals surface area contributed by atoms with Gasteiger partial charge in [0.25, 0.3) is 0 Å². The molecule has 0 bridgehead atoms. The van der Waals surface area contributed by atoms with E-state index in [2.05, 4.69) is 25.7 Å². The molecule has 3 rings (SSSR count). The molecule has 3 aromatic rings. The molecule has 0 spiro atoms. The zero-order valence-corrected chi connectivity index (χ0v) is 13.7. The molecular formula is C15H12ClN5OS. The van der Waals surface area contributed by atoms with Crippen molar-refractivity contribution >= 4 is 34.3 Å². The van der Waals surface area contributed by atoms with E-state index in [1.165, 1.54) is 11.3 Å². The topological polar surface area (TPSA) is 72.3 Å². The SMILES string of the molecule is Cc1csc(NN=Cc2cccc(Oc3ccc(Cl)nn3)c2)n1. The van der Waals surface area contributed by atoms with E-state index >= 15 is 0 Å². The smallest absolute Gasteiger partial charge is 0.238 e. The molecule has 0 aliphatic rings. The largest absolute Gasteiger partial charge is 0.438 e. The number of nitrogens with one attached hydrogen (secondary N) is 1. The second kappa shape index (κ2) is 7.17. The molecule has 0 saturated heterocycles. The third-order valence-electron chi connectivity index (χ3n) is 2.68. The van der Waals surface area contributed by atoms with Gasteiger partial charge in [0, 0.05) is 11.4 Å². The molecule has 0 fully saturated rings. The number of anilines is 1. The number of thiazole rings is 1. The van der Waals surface area contributed by atoms with Crippen molar-refractivity contribution in [2.75, 3.05) is 5.43 Å². The maximum atomic E-state index is 5.69. The van der Waals surface area contributed by atoms with Gasteiger partial charge in [-0.15, -0.1) is 21.5 Å². The third-order valence-corrected chi connectivity index (χ3v) is 3.75. The van der Waals surface area contributed by atoms with E-state index in [0.29, 0.717) is 16.8 Å². The first-order chi connectivity index (χ1) is 11.2. The number of ether oxygens (including phenoxy) is 1. The summed E-state index contributed by atoms with van der Waals surface area (Å²) in [6.07, 6.45) is 1.69. The number of aromatic nitrogens is 3. The van der Waals surface area contributed by atoms with Crippen LogP contribution < -0.4 is 10.2 Å². The Morgan fingerprint density at radius 3 is 2.91 bits per heavy atom. The molecule has 2 heterocycles. The van der Waals surface area contributed by atoms with Crippen LogP contribution in [0.1, 0.15) is 11.3 Å². The summed E-state index contributed by atoms with van der Waals surface area (Å²) in [6, 6.07) is 10.7. The normalized spacial score (nSPS) is 10.9. The van der Waals surface area contributed by atoms with Gasteiger partial charge in [0.2, 0.25) is 11.0 Å². The molecule has 0 aliphatic heterocycles. The van der Waals surface area contributed by atoms with Gasteiger partial charge in [-0.25, -0.2) is 4.98 Å². The van der Waals surface area contributed by atoms with Crippen molar-refractivity contribution in [3.63, 3.8) is 0 Å². The Hall–Kier alpha value is -2.51. The molecule has 1 aromatic carbocycles. The number of benzene rings is 1. The van der Waals surface area contributed by atoms with Crippen molar-refractivity contribution < 1.29 is 4.74 Å². The molecule has 8 heteroatoms. The highest BCUT2D eigenvalue weighted by molar-refractivity contribution is 7.13. The van der Waals surface area contributed by atoms with E-state index in [9.17, 15) is 0 Å². The number of hydrogen-bond acceptors (Lipinski definition) is 7. The van der Waals surface area contributed by atoms with Gasteiger partial charge in [-0.05, 0) is 30.7 Å². The Kier molecular flexibility index (Phi) is 4.80. The molecule has 0 atom stereocenters. The lowest BCUT2D eigenvalue weighted by Crippen LogP contribution is -1.92. The molecule has 1 N–H and O–H groups in total. The predicted molar refractivity (Wildman–Crippen MR) is 91.6 cm³/mol. The number of nitrogens with zero attached hydrogens (tertiary/aromatic N) is 4. The Morgan fingerprint density at radius 2 is 2.17 bits per heavy atom. The second-order valence-electron chi connectivity index (χ2n) is 4.53. The maximum absolute atomic E-state index is 5.69. The minimum atomic E-state index is 0.321. The van der Waals surface area contributed by atoms with E-state index in [1.54, 1.807) is 18.3 Å². The van der Waals surface area contributed by atoms with Gasteiger partial charge in [-0.2, -0.15) is 5.10 Å². The Morgan fingerprint density at radius 1 is 1.26 bits per heavy atom. The van der Waals surface area contributed by atoms with Crippen LogP contribution in [-0.2, 0) is 0 Å². The number of hydrogen-bond donors (Lipinski definition) is 1. The van der Waals surface area contributed by atoms with Crippen molar-refractivity contribution in [2.24, 2.45) is 5.10 Å². The fraction of sp³-hybridized carbons (Fsp3) is 0.0667.